The molecule has 6 rings (SSSR count). The van der Waals surface area contributed by atoms with Crippen molar-refractivity contribution in [3.8, 4) is 0 Å². The number of carboxylic acid groups (broad SMARTS) is 2. The summed E-state index contributed by atoms with van der Waals surface area (Å²) in [5, 5.41) is 247. The van der Waals surface area contributed by atoms with Gasteiger partial charge in [0.05, 0.1) is 82.7 Å². The molecule has 4 amide bonds. The third-order valence-electron chi connectivity index (χ3n) is 25.2. The minimum absolute atomic E-state index is 0.0816. The number of aliphatic hydroxyl groups is 19. The largest absolute Gasteiger partial charge is 0.477 e. The molecule has 25 N–H and O–H groups in total. The van der Waals surface area contributed by atoms with Gasteiger partial charge in [0, 0.05) is 40.0 Å². The third-order valence-corrected chi connectivity index (χ3v) is 25.2. The van der Waals surface area contributed by atoms with E-state index in [1.54, 1.807) is 6.08 Å². The van der Waals surface area contributed by atoms with E-state index in [9.17, 15) is 136 Å². The van der Waals surface area contributed by atoms with Crippen LogP contribution in [-0.4, -0.2) is 396 Å². The molecule has 43 heteroatoms. The van der Waals surface area contributed by atoms with E-state index in [4.69, 9.17) is 56.8 Å². The molecule has 0 spiro atoms. The number of hydrogen-bond acceptors (Lipinski definition) is 37. The quantitative estimate of drug-likeness (QED) is 0.0237. The Kier molecular flexibility index (Phi) is 53.5. The van der Waals surface area contributed by atoms with Crippen LogP contribution in [-0.2, 0) is 85.6 Å². The van der Waals surface area contributed by atoms with E-state index >= 15 is 0 Å². The Morgan fingerprint density at radius 3 is 1.26 bits per heavy atom. The number of aliphatic hydroxyl groups excluding tert-OH is 19. The van der Waals surface area contributed by atoms with Gasteiger partial charge >= 0.3 is 11.9 Å². The molecule has 6 aliphatic rings. The molecule has 43 nitrogen and oxygen atoms in total. The lowest BCUT2D eigenvalue weighted by molar-refractivity contribution is -0.404. The molecule has 6 fully saturated rings. The first kappa shape index (κ1) is 117. The number of carboxylic acids is 2. The second-order valence-electron chi connectivity index (χ2n) is 36.0. The maximum atomic E-state index is 14.2. The van der Waals surface area contributed by atoms with Crippen LogP contribution in [0.5, 0.6) is 0 Å². The number of hydrogen-bond donors (Lipinski definition) is 25. The fraction of sp³-hybridized carbons (Fsp3) is 0.889. The SMILES string of the molecule is CCCCCCCC/C=C\CCCCCCCCCCCCCC(=O)N[C@@H](CO[C@@H]1OC(CO)[C@@H](O[C@@H]2OC(CO)[C@H](O[C@@H]3OC(CO[C@]4(C(=O)O)CC(O)[C@@H](NC(C)=O)C([C@H](O)[C@H](O)CO)O4)[C@H](O)[C@H](O[C@@H]4OC(CO)[C@H](O)[C@H](O)C4O)C3NC(C)=O)[C@H](O[C@]3(C(=O)O)CC(O)[C@@H](NC(C)=O)C([C@H](O)[C@H](O)CO)O3)C2O)[C@H](O)C1O)[C@H](O)/C=C/CCCCCCCCCCCCC. The second kappa shape index (κ2) is 60.9. The van der Waals surface area contributed by atoms with Gasteiger partial charge < -0.3 is 185 Å². The highest BCUT2D eigenvalue weighted by Crippen LogP contribution is 2.43. The topological polar surface area (TPSA) is 686 Å². The summed E-state index contributed by atoms with van der Waals surface area (Å²) in [4.78, 5) is 80.2. The minimum atomic E-state index is -3.55. The summed E-state index contributed by atoms with van der Waals surface area (Å²) in [6.07, 6.45) is -23.1. The second-order valence-corrected chi connectivity index (χ2v) is 36.0. The van der Waals surface area contributed by atoms with E-state index in [-0.39, 0.29) is 6.42 Å². The van der Waals surface area contributed by atoms with Crippen molar-refractivity contribution in [2.75, 3.05) is 46.2 Å². The average Bonchev–Trinajstić information content (AvgIpc) is 0.745. The first-order valence-electron chi connectivity index (χ1n) is 47.9. The Labute approximate surface area is 777 Å². The van der Waals surface area contributed by atoms with E-state index < -0.39 is 302 Å². The highest BCUT2D eigenvalue weighted by Gasteiger charge is 2.64. The zero-order chi connectivity index (χ0) is 98.1. The van der Waals surface area contributed by atoms with Gasteiger partial charge in [-0.05, 0) is 44.9 Å². The summed E-state index contributed by atoms with van der Waals surface area (Å²) in [6.45, 7) is -0.939. The molecule has 12 unspecified atom stereocenters. The Bertz CT molecular complexity index is 3360. The summed E-state index contributed by atoms with van der Waals surface area (Å²) in [7, 11) is 0. The Balaban J connectivity index is 1.30. The monoisotopic (exact) mass is 1920 g/mol. The highest BCUT2D eigenvalue weighted by atomic mass is 16.8. The fourth-order valence-corrected chi connectivity index (χ4v) is 17.6. The van der Waals surface area contributed by atoms with Gasteiger partial charge in [0.25, 0.3) is 11.6 Å². The standard InChI is InChI=1S/C90H158N4O39/c1-6-8-10-12-14-16-18-20-21-22-23-24-25-26-27-29-31-33-35-37-39-41-64(108)94-54(55(103)40-38-36-34-32-30-28-19-17-15-13-11-9-7-2)49-122-84-75(116)73(114)77(61(47-98)125-84)128-86-76(117)82(133-90(88(120)121)43-57(105)66(92-52(4)101)81(132-90)69(110)59(107)45-96)78(62(48-99)126-86)129-83-67(93-53(5)102)79(130-85-74(115)72(113)70(111)60(46-97)124-85)71(112)63(127-83)50-123-89(87(118)119)42-56(104)65(91-51(3)100)80(131-89)68(109)58(106)44-95/h20-21,38,40,54-63,65-86,95-99,103-107,109-117H,6-19,22-37,39,41-50H2,1-5H3,(H,91,100)(H,92,101)(H,93,102)(H,94,108)(H,118,119)(H,120,121)/b21-20-,40-38+/t54-,55+,56?,57?,58+,59+,60?,61?,62?,63?,65+,66+,67?,68+,69+,70-,71-,72-,73+,74?,75?,76?,77+,78-,79+,80?,81?,82+,83-,84+,85-,86-,89+,90-/m0/s1. The van der Waals surface area contributed by atoms with Crippen LogP contribution in [0.3, 0.4) is 0 Å². The van der Waals surface area contributed by atoms with Crippen LogP contribution >= 0.6 is 0 Å². The van der Waals surface area contributed by atoms with Crippen LogP contribution in [0.1, 0.15) is 253 Å². The van der Waals surface area contributed by atoms with Crippen molar-refractivity contribution in [3.63, 3.8) is 0 Å². The number of aliphatic carboxylic acids is 2. The smallest absolute Gasteiger partial charge is 0.364 e. The summed E-state index contributed by atoms with van der Waals surface area (Å²) in [6, 6.07) is -7.05. The molecule has 6 aliphatic heterocycles. The van der Waals surface area contributed by atoms with Crippen molar-refractivity contribution in [3.05, 3.63) is 24.3 Å². The fourth-order valence-electron chi connectivity index (χ4n) is 17.6. The van der Waals surface area contributed by atoms with Crippen molar-refractivity contribution in [2.45, 2.75) is 460 Å². The van der Waals surface area contributed by atoms with E-state index in [2.05, 4.69) is 47.3 Å². The van der Waals surface area contributed by atoms with Gasteiger partial charge in [-0.15, -0.1) is 0 Å². The number of rotatable bonds is 64. The van der Waals surface area contributed by atoms with Gasteiger partial charge in [0.15, 0.2) is 25.2 Å². The van der Waals surface area contributed by atoms with E-state index in [0.717, 1.165) is 104 Å². The molecule has 0 bridgehead atoms. The van der Waals surface area contributed by atoms with Gasteiger partial charge in [0.1, 0.15) is 134 Å². The summed E-state index contributed by atoms with van der Waals surface area (Å²) < 4.78 is 72.9. The average molecular weight is 1920 g/mol. The molecule has 6 saturated heterocycles. The van der Waals surface area contributed by atoms with Gasteiger partial charge in [-0.2, -0.15) is 0 Å². The Hall–Kier alpha value is -4.94. The van der Waals surface area contributed by atoms with Crippen molar-refractivity contribution in [1.82, 2.24) is 21.3 Å². The van der Waals surface area contributed by atoms with Crippen molar-refractivity contribution in [1.29, 1.82) is 0 Å². The zero-order valence-corrected chi connectivity index (χ0v) is 77.5. The molecule has 772 valence electrons. The summed E-state index contributed by atoms with van der Waals surface area (Å²) in [5.74, 6) is -14.5. The van der Waals surface area contributed by atoms with Gasteiger partial charge in [-0.25, -0.2) is 9.59 Å². The van der Waals surface area contributed by atoms with Crippen molar-refractivity contribution in [2.24, 2.45) is 0 Å². The molecule has 0 aromatic heterocycles. The van der Waals surface area contributed by atoms with Crippen LogP contribution in [0.15, 0.2) is 24.3 Å². The number of nitrogens with one attached hydrogen (secondary N) is 4. The normalized spacial score (nSPS) is 34.1. The number of unbranched alkanes of at least 4 members (excludes halogenated alkanes) is 28. The molecule has 133 heavy (non-hydrogen) atoms. The lowest BCUT2D eigenvalue weighted by Gasteiger charge is -2.53. The first-order chi connectivity index (χ1) is 63.5. The molecule has 0 saturated carbocycles. The molecule has 0 aromatic carbocycles. The van der Waals surface area contributed by atoms with Gasteiger partial charge in [-0.1, -0.05) is 192 Å². The van der Waals surface area contributed by atoms with Crippen LogP contribution < -0.4 is 21.3 Å². The first-order valence-corrected chi connectivity index (χ1v) is 47.9. The van der Waals surface area contributed by atoms with Crippen LogP contribution in [0.25, 0.3) is 0 Å². The maximum absolute atomic E-state index is 14.2. The van der Waals surface area contributed by atoms with E-state index in [0.29, 0.717) is 12.8 Å². The number of carbonyl (C=O) groups excluding carboxylic acids is 4. The Morgan fingerprint density at radius 2 is 0.797 bits per heavy atom. The van der Waals surface area contributed by atoms with Crippen LogP contribution in [0.2, 0.25) is 0 Å². The van der Waals surface area contributed by atoms with Gasteiger partial charge in [0.2, 0.25) is 23.6 Å². The summed E-state index contributed by atoms with van der Waals surface area (Å²) in [5.41, 5.74) is 0. The lowest BCUT2D eigenvalue weighted by atomic mass is 9.88. The molecule has 0 aromatic rings. The van der Waals surface area contributed by atoms with Crippen LogP contribution in [0, 0.1) is 0 Å². The predicted molar refractivity (Wildman–Crippen MR) is 467 cm³/mol. The third kappa shape index (κ3) is 36.0. The van der Waals surface area contributed by atoms with Crippen molar-refractivity contribution >= 4 is 35.6 Å². The Morgan fingerprint density at radius 1 is 0.406 bits per heavy atom. The molecule has 0 aliphatic carbocycles. The number of carbonyl (C=O) groups is 6. The maximum Gasteiger partial charge on any atom is 0.364 e. The number of amides is 4. The molecular formula is C90H158N4O39. The van der Waals surface area contributed by atoms with Gasteiger partial charge in [-0.3, -0.25) is 19.2 Å². The molecule has 6 heterocycles. The predicted octanol–water partition coefficient (Wildman–Crippen LogP) is -1.75. The van der Waals surface area contributed by atoms with E-state index in [1.807, 2.05) is 0 Å². The molecule has 0 radical (unpaired) electrons. The number of ether oxygens (including phenoxy) is 12. The van der Waals surface area contributed by atoms with E-state index in [1.165, 1.54) is 109 Å². The summed E-state index contributed by atoms with van der Waals surface area (Å²) >= 11 is 0. The molecule has 34 atom stereocenters. The number of allylic oxidation sites excluding steroid dienone is 3. The minimum Gasteiger partial charge on any atom is -0.477 e. The molecular weight excluding hydrogens is 1760 g/mol. The highest BCUT2D eigenvalue weighted by molar-refractivity contribution is 5.78. The van der Waals surface area contributed by atoms with Crippen molar-refractivity contribution < 1.29 is 193 Å². The van der Waals surface area contributed by atoms with Crippen LogP contribution in [0.4, 0.5) is 0 Å². The zero-order valence-electron chi connectivity index (χ0n) is 77.5. The lowest BCUT2D eigenvalue weighted by Crippen LogP contribution is -2.72.